The second-order valence-electron chi connectivity index (χ2n) is 7.93. The molecular formula is C17H29N5O3. The van der Waals surface area contributed by atoms with Gasteiger partial charge < -0.3 is 19.9 Å². The Morgan fingerprint density at radius 2 is 1.96 bits per heavy atom. The monoisotopic (exact) mass is 351 g/mol. The smallest absolute Gasteiger partial charge is 0.251 e. The van der Waals surface area contributed by atoms with Gasteiger partial charge in [0.05, 0.1) is 12.6 Å². The van der Waals surface area contributed by atoms with Crippen molar-refractivity contribution < 1.29 is 14.1 Å². The van der Waals surface area contributed by atoms with E-state index in [0.29, 0.717) is 37.9 Å². The fourth-order valence-electron chi connectivity index (χ4n) is 3.21. The van der Waals surface area contributed by atoms with E-state index in [-0.39, 0.29) is 23.5 Å². The molecule has 0 saturated carbocycles. The van der Waals surface area contributed by atoms with Gasteiger partial charge in [-0.05, 0) is 12.8 Å². The first-order valence-corrected chi connectivity index (χ1v) is 9.06. The molecule has 1 aromatic rings. The lowest BCUT2D eigenvalue weighted by atomic mass is 9.97. The predicted molar refractivity (Wildman–Crippen MR) is 91.8 cm³/mol. The predicted octanol–water partition coefficient (Wildman–Crippen LogP) is 0.518. The number of aromatic nitrogens is 2. The summed E-state index contributed by atoms with van der Waals surface area (Å²) in [6.45, 7) is 10.3. The van der Waals surface area contributed by atoms with Crippen LogP contribution in [0.15, 0.2) is 4.52 Å². The number of carbonyl (C=O) groups is 1. The molecule has 2 aliphatic rings. The number of nitrogens with zero attached hydrogens (tertiary/aromatic N) is 4. The normalized spacial score (nSPS) is 25.5. The van der Waals surface area contributed by atoms with Crippen LogP contribution in [0.4, 0.5) is 0 Å². The van der Waals surface area contributed by atoms with Crippen LogP contribution in [0.25, 0.3) is 0 Å². The van der Waals surface area contributed by atoms with Gasteiger partial charge in [-0.3, -0.25) is 9.69 Å². The van der Waals surface area contributed by atoms with E-state index >= 15 is 0 Å². The maximum atomic E-state index is 12.5. The van der Waals surface area contributed by atoms with Crippen molar-refractivity contribution in [3.05, 3.63) is 11.7 Å². The highest BCUT2D eigenvalue weighted by Gasteiger charge is 2.34. The van der Waals surface area contributed by atoms with Gasteiger partial charge in [-0.15, -0.1) is 0 Å². The summed E-state index contributed by atoms with van der Waals surface area (Å²) in [5, 5.41) is 4.07. The van der Waals surface area contributed by atoms with Crippen molar-refractivity contribution in [2.75, 3.05) is 32.7 Å². The summed E-state index contributed by atoms with van der Waals surface area (Å²) in [5.74, 6) is 1.46. The summed E-state index contributed by atoms with van der Waals surface area (Å²) < 4.78 is 11.1. The van der Waals surface area contributed by atoms with E-state index in [1.54, 1.807) is 0 Å². The highest BCUT2D eigenvalue weighted by atomic mass is 16.5. The van der Waals surface area contributed by atoms with E-state index in [1.165, 1.54) is 0 Å². The number of hydrogen-bond acceptors (Lipinski definition) is 7. The van der Waals surface area contributed by atoms with Gasteiger partial charge in [0.1, 0.15) is 6.10 Å². The van der Waals surface area contributed by atoms with Crippen LogP contribution < -0.4 is 5.73 Å². The minimum Gasteiger partial charge on any atom is -0.364 e. The molecule has 2 N–H and O–H groups in total. The number of ether oxygens (including phenoxy) is 1. The summed E-state index contributed by atoms with van der Waals surface area (Å²) in [6.07, 6.45) is 1.37. The maximum absolute atomic E-state index is 12.5. The molecule has 3 rings (SSSR count). The third-order valence-corrected chi connectivity index (χ3v) is 4.80. The molecule has 8 nitrogen and oxygen atoms in total. The van der Waals surface area contributed by atoms with E-state index in [2.05, 4.69) is 35.8 Å². The first-order valence-electron chi connectivity index (χ1n) is 9.06. The lowest BCUT2D eigenvalue weighted by molar-refractivity contribution is -0.144. The molecular weight excluding hydrogens is 322 g/mol. The van der Waals surface area contributed by atoms with Crippen LogP contribution in [-0.4, -0.2) is 70.8 Å². The summed E-state index contributed by atoms with van der Waals surface area (Å²) in [7, 11) is 0. The Hall–Kier alpha value is -1.51. The van der Waals surface area contributed by atoms with Crippen molar-refractivity contribution >= 4 is 5.91 Å². The fourth-order valence-corrected chi connectivity index (χ4v) is 3.21. The maximum Gasteiger partial charge on any atom is 0.251 e. The van der Waals surface area contributed by atoms with E-state index in [4.69, 9.17) is 15.0 Å². The van der Waals surface area contributed by atoms with Crippen molar-refractivity contribution in [3.63, 3.8) is 0 Å². The number of hydrogen-bond donors (Lipinski definition) is 1. The molecule has 2 aliphatic heterocycles. The Bertz CT molecular complexity index is 589. The van der Waals surface area contributed by atoms with Crippen LogP contribution in [-0.2, 0) is 21.5 Å². The lowest BCUT2D eigenvalue weighted by Gasteiger charge is -2.35. The molecule has 0 bridgehead atoms. The van der Waals surface area contributed by atoms with Crippen molar-refractivity contribution in [2.45, 2.75) is 57.8 Å². The van der Waals surface area contributed by atoms with Gasteiger partial charge in [-0.25, -0.2) is 0 Å². The first-order chi connectivity index (χ1) is 11.9. The Balaban J connectivity index is 1.47. The number of amides is 1. The minimum absolute atomic E-state index is 0.0329. The molecule has 1 aromatic heterocycles. The summed E-state index contributed by atoms with van der Waals surface area (Å²) in [6, 6.07) is 0. The third-order valence-electron chi connectivity index (χ3n) is 4.80. The van der Waals surface area contributed by atoms with Gasteiger partial charge in [0, 0.05) is 38.1 Å². The van der Waals surface area contributed by atoms with E-state index in [0.717, 1.165) is 25.9 Å². The van der Waals surface area contributed by atoms with Gasteiger partial charge >= 0.3 is 0 Å². The zero-order chi connectivity index (χ0) is 18.0. The average Bonchev–Trinajstić information content (AvgIpc) is 3.23. The molecule has 0 spiro atoms. The average molecular weight is 351 g/mol. The zero-order valence-electron chi connectivity index (χ0n) is 15.4. The van der Waals surface area contributed by atoms with Crippen molar-refractivity contribution in [1.82, 2.24) is 19.9 Å². The van der Waals surface area contributed by atoms with Crippen molar-refractivity contribution in [3.8, 4) is 0 Å². The van der Waals surface area contributed by atoms with Gasteiger partial charge in [0.25, 0.3) is 5.91 Å². The fraction of sp³-hybridized carbons (Fsp3) is 0.824. The van der Waals surface area contributed by atoms with Gasteiger partial charge in [0.2, 0.25) is 5.89 Å². The van der Waals surface area contributed by atoms with Crippen LogP contribution in [0.3, 0.4) is 0 Å². The molecule has 8 heteroatoms. The number of carbonyl (C=O) groups excluding carboxylic acids is 1. The Labute approximate surface area is 148 Å². The zero-order valence-corrected chi connectivity index (χ0v) is 15.4. The molecule has 1 amide bonds. The molecule has 2 fully saturated rings. The summed E-state index contributed by atoms with van der Waals surface area (Å²) >= 11 is 0. The van der Waals surface area contributed by atoms with Gasteiger partial charge in [-0.2, -0.15) is 4.98 Å². The second kappa shape index (κ2) is 7.39. The first kappa shape index (κ1) is 18.3. The standard InChI is InChI=1S/C17H29N5O3/c1-17(2,3)16-19-14(20-25-16)11-21-6-8-22(9-7-21)15(23)13-5-4-12(10-18)24-13/h12-13H,4-11,18H2,1-3H3/t12-,13+/m1/s1. The molecule has 0 unspecified atom stereocenters. The lowest BCUT2D eigenvalue weighted by Crippen LogP contribution is -2.51. The highest BCUT2D eigenvalue weighted by Crippen LogP contribution is 2.22. The summed E-state index contributed by atoms with van der Waals surface area (Å²) in [4.78, 5) is 21.2. The Morgan fingerprint density at radius 3 is 2.52 bits per heavy atom. The van der Waals surface area contributed by atoms with Crippen LogP contribution in [0, 0.1) is 0 Å². The third kappa shape index (κ3) is 4.37. The minimum atomic E-state index is -0.313. The molecule has 2 saturated heterocycles. The largest absolute Gasteiger partial charge is 0.364 e. The molecule has 140 valence electrons. The van der Waals surface area contributed by atoms with Crippen molar-refractivity contribution in [2.24, 2.45) is 5.73 Å². The molecule has 0 radical (unpaired) electrons. The number of piperazine rings is 1. The Morgan fingerprint density at radius 1 is 1.24 bits per heavy atom. The molecule has 3 heterocycles. The van der Waals surface area contributed by atoms with E-state index < -0.39 is 0 Å². The quantitative estimate of drug-likeness (QED) is 0.844. The number of rotatable bonds is 4. The molecule has 0 aliphatic carbocycles. The SMILES string of the molecule is CC(C)(C)c1nc(CN2CCN(C(=O)[C@@H]3CC[C@H](CN)O3)CC2)no1. The van der Waals surface area contributed by atoms with Crippen LogP contribution in [0.1, 0.15) is 45.3 Å². The van der Waals surface area contributed by atoms with Gasteiger partial charge in [0.15, 0.2) is 5.82 Å². The van der Waals surface area contributed by atoms with Crippen LogP contribution in [0.5, 0.6) is 0 Å². The second-order valence-corrected chi connectivity index (χ2v) is 7.93. The summed E-state index contributed by atoms with van der Waals surface area (Å²) in [5.41, 5.74) is 5.48. The van der Waals surface area contributed by atoms with E-state index in [1.807, 2.05) is 4.90 Å². The Kier molecular flexibility index (Phi) is 5.41. The molecule has 25 heavy (non-hydrogen) atoms. The molecule has 2 atom stereocenters. The van der Waals surface area contributed by atoms with Crippen molar-refractivity contribution in [1.29, 1.82) is 0 Å². The number of nitrogens with two attached hydrogens (primary N) is 1. The van der Waals surface area contributed by atoms with Crippen LogP contribution in [0.2, 0.25) is 0 Å². The molecule has 0 aromatic carbocycles. The topological polar surface area (TPSA) is 97.7 Å². The highest BCUT2D eigenvalue weighted by molar-refractivity contribution is 5.81. The van der Waals surface area contributed by atoms with Crippen LogP contribution >= 0.6 is 0 Å². The van der Waals surface area contributed by atoms with Gasteiger partial charge in [-0.1, -0.05) is 25.9 Å². The van der Waals surface area contributed by atoms with E-state index in [9.17, 15) is 4.79 Å².